The molecule has 5 rings (SSSR count). The number of aliphatic hydroxyl groups is 2. The summed E-state index contributed by atoms with van der Waals surface area (Å²) in [7, 11) is 0. The maximum Gasteiger partial charge on any atom is 0.514 e. The number of hydrogen-bond donors (Lipinski definition) is 2. The number of esters is 2. The van der Waals surface area contributed by atoms with Gasteiger partial charge in [0.05, 0.1) is 29.6 Å². The Hall–Kier alpha value is -4.01. The topological polar surface area (TPSA) is 190 Å². The first-order valence-corrected chi connectivity index (χ1v) is 17.9. The number of rotatable bonds is 5. The van der Waals surface area contributed by atoms with Crippen molar-refractivity contribution in [1.82, 2.24) is 0 Å². The minimum absolute atomic E-state index is 0.0413. The maximum absolute atomic E-state index is 15.7. The molecule has 1 heterocycles. The number of aliphatic hydroxyl groups excluding tert-OH is 1. The van der Waals surface area contributed by atoms with E-state index >= 15 is 4.79 Å². The minimum Gasteiger partial charge on any atom is -0.455 e. The van der Waals surface area contributed by atoms with Crippen LogP contribution in [0.3, 0.4) is 0 Å². The summed E-state index contributed by atoms with van der Waals surface area (Å²) in [6.45, 7) is 16.8. The molecule has 292 valence electrons. The molecule has 0 amide bonds. The molecule has 2 saturated carbocycles. The lowest BCUT2D eigenvalue weighted by Crippen LogP contribution is -2.81. The van der Waals surface area contributed by atoms with Crippen LogP contribution in [0.4, 0.5) is 9.59 Å². The molecular weight excluding hydrogens is 692 g/mol. The van der Waals surface area contributed by atoms with Gasteiger partial charge in [0.25, 0.3) is 0 Å². The summed E-state index contributed by atoms with van der Waals surface area (Å²) in [4.78, 5) is 69.6. The van der Waals surface area contributed by atoms with E-state index in [4.69, 9.17) is 33.2 Å². The summed E-state index contributed by atoms with van der Waals surface area (Å²) in [5.41, 5.74) is -9.59. The van der Waals surface area contributed by atoms with Crippen molar-refractivity contribution in [2.75, 3.05) is 6.61 Å². The molecular formula is C39H52O14. The lowest BCUT2D eigenvalue weighted by Gasteiger charge is -2.67. The number of ether oxygens (including phenoxy) is 7. The number of hydrogen-bond acceptors (Lipinski definition) is 14. The van der Waals surface area contributed by atoms with E-state index < -0.39 is 112 Å². The summed E-state index contributed by atoms with van der Waals surface area (Å²) in [5, 5.41) is 24.9. The standard InChI is InChI=1S/C39H52O14/c1-20-23(41)18-39(46)30(50-31(43)22-15-13-12-14-16-22)28-37(11,29(42)27(26(20)36(39,9)10)49-33(45)53-35(6,7)8)24(48-32(44)52-34(3,4)5)17-25-38(28,19-47-25)51-21(2)40/h12-16,20,23-25,28,30,41,46H,17-19H2,1-11H3/t20?,23-,24-,25+,28-,30-,37+,38-,39+/m0/s1. The molecule has 0 radical (unpaired) electrons. The molecule has 9 atom stereocenters. The molecule has 0 aromatic heterocycles. The van der Waals surface area contributed by atoms with E-state index in [2.05, 4.69) is 0 Å². The van der Waals surface area contributed by atoms with Crippen LogP contribution in [-0.2, 0) is 42.7 Å². The van der Waals surface area contributed by atoms with Gasteiger partial charge in [0.15, 0.2) is 11.4 Å². The van der Waals surface area contributed by atoms with Gasteiger partial charge in [-0.15, -0.1) is 0 Å². The molecule has 2 bridgehead atoms. The van der Waals surface area contributed by atoms with Gasteiger partial charge in [-0.2, -0.15) is 0 Å². The Kier molecular flexibility index (Phi) is 10.1. The third kappa shape index (κ3) is 6.93. The Labute approximate surface area is 309 Å². The number of Topliss-reactive ketones (excluding diaryl/α,β-unsaturated/α-hetero) is 1. The quantitative estimate of drug-likeness (QED) is 0.295. The number of carbonyl (C=O) groups excluding carboxylic acids is 5. The first kappa shape index (κ1) is 40.2. The second-order valence-corrected chi connectivity index (χ2v) is 17.4. The Morgan fingerprint density at radius 2 is 1.49 bits per heavy atom. The van der Waals surface area contributed by atoms with Crippen molar-refractivity contribution in [3.05, 3.63) is 47.2 Å². The zero-order chi connectivity index (χ0) is 39.7. The van der Waals surface area contributed by atoms with E-state index in [9.17, 15) is 29.4 Å². The molecule has 3 fully saturated rings. The van der Waals surface area contributed by atoms with Gasteiger partial charge in [0.2, 0.25) is 5.78 Å². The van der Waals surface area contributed by atoms with Gasteiger partial charge in [0, 0.05) is 31.1 Å². The summed E-state index contributed by atoms with van der Waals surface area (Å²) in [5.74, 6) is -5.55. The van der Waals surface area contributed by atoms with Crippen molar-refractivity contribution in [3.8, 4) is 0 Å². The summed E-state index contributed by atoms with van der Waals surface area (Å²) >= 11 is 0. The smallest absolute Gasteiger partial charge is 0.455 e. The third-order valence-corrected chi connectivity index (χ3v) is 11.1. The second kappa shape index (κ2) is 13.4. The highest BCUT2D eigenvalue weighted by Crippen LogP contribution is 2.65. The van der Waals surface area contributed by atoms with Crippen molar-refractivity contribution >= 4 is 30.0 Å². The largest absolute Gasteiger partial charge is 0.514 e. The van der Waals surface area contributed by atoms with Crippen LogP contribution in [0.15, 0.2) is 41.7 Å². The molecule has 2 N–H and O–H groups in total. The van der Waals surface area contributed by atoms with Crippen LogP contribution in [0.25, 0.3) is 0 Å². The number of ketones is 1. The van der Waals surface area contributed by atoms with Crippen molar-refractivity contribution in [2.45, 2.75) is 136 Å². The van der Waals surface area contributed by atoms with E-state index in [1.54, 1.807) is 80.5 Å². The zero-order valence-electron chi connectivity index (χ0n) is 32.3. The van der Waals surface area contributed by atoms with Crippen molar-refractivity contribution in [1.29, 1.82) is 0 Å². The van der Waals surface area contributed by atoms with Crippen LogP contribution in [0.5, 0.6) is 0 Å². The lowest BCUT2D eigenvalue weighted by atomic mass is 9.45. The molecule has 0 spiro atoms. The van der Waals surface area contributed by atoms with E-state index in [1.165, 1.54) is 26.0 Å². The van der Waals surface area contributed by atoms with E-state index in [0.29, 0.717) is 0 Å². The van der Waals surface area contributed by atoms with E-state index in [1.807, 2.05) is 0 Å². The molecule has 4 aliphatic rings. The minimum atomic E-state index is -2.25. The van der Waals surface area contributed by atoms with E-state index in [0.717, 1.165) is 0 Å². The van der Waals surface area contributed by atoms with Crippen LogP contribution >= 0.6 is 0 Å². The Balaban J connectivity index is 1.86. The SMILES string of the molecule is CC(=O)O[C@@]12CO[C@@H]1C[C@H](OC(=O)OC(C)(C)C)[C@@]1(C)C(=O)C(OC(=O)OC(C)(C)C)=C3C(C)[C@@H](O)C[C@@](O)([C@@H](OC(=O)c4ccccc4)[C@H]21)C3(C)C. The number of carbonyl (C=O) groups is 5. The first-order valence-electron chi connectivity index (χ1n) is 17.9. The van der Waals surface area contributed by atoms with Crippen LogP contribution in [0.1, 0.15) is 99.4 Å². The summed E-state index contributed by atoms with van der Waals surface area (Å²) in [6, 6.07) is 7.96. The highest BCUT2D eigenvalue weighted by molar-refractivity contribution is 6.02. The molecule has 14 nitrogen and oxygen atoms in total. The fraction of sp³-hybridized carbons (Fsp3) is 0.667. The van der Waals surface area contributed by atoms with E-state index in [-0.39, 0.29) is 24.2 Å². The Bertz CT molecular complexity index is 1680. The Morgan fingerprint density at radius 1 is 0.906 bits per heavy atom. The molecule has 1 aromatic rings. The molecule has 53 heavy (non-hydrogen) atoms. The summed E-state index contributed by atoms with van der Waals surface area (Å²) < 4.78 is 41.2. The number of allylic oxidation sites excluding steroid dienone is 1. The van der Waals surface area contributed by atoms with Crippen LogP contribution in [-0.4, -0.2) is 93.7 Å². The molecule has 1 aromatic carbocycles. The molecule has 1 unspecified atom stereocenters. The van der Waals surface area contributed by atoms with Gasteiger partial charge in [-0.05, 0) is 66.2 Å². The first-order chi connectivity index (χ1) is 24.3. The monoisotopic (exact) mass is 744 g/mol. The van der Waals surface area contributed by atoms with Crippen LogP contribution in [0, 0.1) is 22.7 Å². The van der Waals surface area contributed by atoms with Crippen molar-refractivity contribution in [2.24, 2.45) is 22.7 Å². The normalized spacial score (nSPS) is 34.8. The van der Waals surface area contributed by atoms with Gasteiger partial charge < -0.3 is 43.4 Å². The van der Waals surface area contributed by atoms with Gasteiger partial charge in [-0.25, -0.2) is 14.4 Å². The van der Waals surface area contributed by atoms with Crippen molar-refractivity contribution < 1.29 is 67.3 Å². The maximum atomic E-state index is 15.7. The average Bonchev–Trinajstić information content (AvgIpc) is 3.00. The zero-order valence-corrected chi connectivity index (χ0v) is 32.3. The predicted octanol–water partition coefficient (Wildman–Crippen LogP) is 5.21. The predicted molar refractivity (Wildman–Crippen MR) is 185 cm³/mol. The highest BCUT2D eigenvalue weighted by atomic mass is 16.7. The van der Waals surface area contributed by atoms with Gasteiger partial charge in [-0.3, -0.25) is 9.59 Å². The fourth-order valence-electron chi connectivity index (χ4n) is 8.64. The second-order valence-electron chi connectivity index (χ2n) is 17.4. The lowest BCUT2D eigenvalue weighted by molar-refractivity contribution is -0.345. The molecule has 1 saturated heterocycles. The molecule has 1 aliphatic heterocycles. The highest BCUT2D eigenvalue weighted by Gasteiger charge is 2.78. The van der Waals surface area contributed by atoms with Gasteiger partial charge in [0.1, 0.15) is 35.1 Å². The average molecular weight is 745 g/mol. The van der Waals surface area contributed by atoms with Crippen molar-refractivity contribution in [3.63, 3.8) is 0 Å². The number of benzene rings is 1. The fourth-order valence-corrected chi connectivity index (χ4v) is 8.64. The molecule has 14 heteroatoms. The third-order valence-electron chi connectivity index (χ3n) is 11.1. The number of fused-ring (bicyclic) bond motifs is 5. The summed E-state index contributed by atoms with van der Waals surface area (Å²) in [6.07, 6.45) is -8.56. The Morgan fingerprint density at radius 3 is 2.02 bits per heavy atom. The van der Waals surface area contributed by atoms with Crippen LogP contribution < -0.4 is 0 Å². The van der Waals surface area contributed by atoms with Gasteiger partial charge >= 0.3 is 24.2 Å². The van der Waals surface area contributed by atoms with Crippen LogP contribution in [0.2, 0.25) is 0 Å². The van der Waals surface area contributed by atoms with Gasteiger partial charge in [-0.1, -0.05) is 39.0 Å². The molecule has 3 aliphatic carbocycles.